The number of methoxy groups -OCH3 is 1. The molecular formula is C17H18FNO3S. The number of hydrogen-bond donors (Lipinski definition) is 0. The summed E-state index contributed by atoms with van der Waals surface area (Å²) in [6.07, 6.45) is 1.57. The molecule has 1 atom stereocenters. The average Bonchev–Trinajstić information content (AvgIpc) is 3.06. The first kappa shape index (κ1) is 16.0. The van der Waals surface area contributed by atoms with Crippen molar-refractivity contribution >= 4 is 10.0 Å². The first-order valence-corrected chi connectivity index (χ1v) is 8.88. The van der Waals surface area contributed by atoms with Gasteiger partial charge in [-0.05, 0) is 54.8 Å². The molecule has 0 saturated carbocycles. The van der Waals surface area contributed by atoms with Crippen molar-refractivity contribution in [3.05, 3.63) is 59.9 Å². The molecule has 1 heterocycles. The van der Waals surface area contributed by atoms with Crippen LogP contribution in [-0.4, -0.2) is 26.4 Å². The standard InChI is InChI=1S/C17H18FNO3S/c1-22-15-8-4-13(5-9-15)17-3-2-12-19(17)23(20,21)16-10-6-14(18)7-11-16/h4-11,17H,2-3,12H2,1H3. The number of sulfonamides is 1. The average molecular weight is 335 g/mol. The van der Waals surface area contributed by atoms with E-state index in [2.05, 4.69) is 0 Å². The predicted octanol–water partition coefficient (Wildman–Crippen LogP) is 3.36. The van der Waals surface area contributed by atoms with Gasteiger partial charge >= 0.3 is 0 Å². The molecule has 0 aliphatic carbocycles. The lowest BCUT2D eigenvalue weighted by molar-refractivity contribution is 0.394. The van der Waals surface area contributed by atoms with Crippen LogP contribution in [0, 0.1) is 5.82 Å². The summed E-state index contributed by atoms with van der Waals surface area (Å²) >= 11 is 0. The van der Waals surface area contributed by atoms with E-state index in [1.165, 1.54) is 28.6 Å². The van der Waals surface area contributed by atoms with Crippen LogP contribution in [-0.2, 0) is 10.0 Å². The van der Waals surface area contributed by atoms with Gasteiger partial charge < -0.3 is 4.74 Å². The minimum Gasteiger partial charge on any atom is -0.497 e. The highest BCUT2D eigenvalue weighted by Gasteiger charge is 2.36. The first-order chi connectivity index (χ1) is 11.0. The minimum absolute atomic E-state index is 0.124. The lowest BCUT2D eigenvalue weighted by Crippen LogP contribution is -2.30. The second kappa shape index (κ2) is 6.29. The van der Waals surface area contributed by atoms with Gasteiger partial charge in [-0.2, -0.15) is 4.31 Å². The Hall–Kier alpha value is -1.92. The van der Waals surface area contributed by atoms with Crippen LogP contribution < -0.4 is 4.74 Å². The molecule has 1 aliphatic heterocycles. The Balaban J connectivity index is 1.92. The van der Waals surface area contributed by atoms with E-state index in [4.69, 9.17) is 4.74 Å². The fraction of sp³-hybridized carbons (Fsp3) is 0.294. The van der Waals surface area contributed by atoms with Crippen molar-refractivity contribution in [2.24, 2.45) is 0 Å². The molecule has 6 heteroatoms. The van der Waals surface area contributed by atoms with E-state index in [1.54, 1.807) is 7.11 Å². The maximum atomic E-state index is 13.0. The van der Waals surface area contributed by atoms with E-state index in [0.29, 0.717) is 6.54 Å². The molecule has 23 heavy (non-hydrogen) atoms. The summed E-state index contributed by atoms with van der Waals surface area (Å²) in [5, 5.41) is 0. The van der Waals surface area contributed by atoms with Crippen LogP contribution in [0.15, 0.2) is 53.4 Å². The Kier molecular flexibility index (Phi) is 4.37. The minimum atomic E-state index is -3.63. The van der Waals surface area contributed by atoms with Gasteiger partial charge in [-0.25, -0.2) is 12.8 Å². The van der Waals surface area contributed by atoms with Crippen LogP contribution in [0.4, 0.5) is 4.39 Å². The summed E-state index contributed by atoms with van der Waals surface area (Å²) in [6, 6.07) is 12.2. The molecule has 1 unspecified atom stereocenters. The zero-order valence-corrected chi connectivity index (χ0v) is 13.6. The largest absolute Gasteiger partial charge is 0.497 e. The molecule has 122 valence electrons. The monoisotopic (exact) mass is 335 g/mol. The summed E-state index contributed by atoms with van der Waals surface area (Å²) in [5.41, 5.74) is 0.939. The van der Waals surface area contributed by atoms with E-state index in [9.17, 15) is 12.8 Å². The number of rotatable bonds is 4. The van der Waals surface area contributed by atoms with Crippen molar-refractivity contribution in [1.29, 1.82) is 0 Å². The first-order valence-electron chi connectivity index (χ1n) is 7.44. The van der Waals surface area contributed by atoms with Crippen molar-refractivity contribution in [2.75, 3.05) is 13.7 Å². The molecule has 0 radical (unpaired) electrons. The van der Waals surface area contributed by atoms with Gasteiger partial charge in [0.15, 0.2) is 0 Å². The summed E-state index contributed by atoms with van der Waals surface area (Å²) < 4.78 is 45.3. The second-order valence-corrected chi connectivity index (χ2v) is 7.39. The lowest BCUT2D eigenvalue weighted by Gasteiger charge is -2.24. The number of ether oxygens (including phenoxy) is 1. The number of halogens is 1. The van der Waals surface area contributed by atoms with Gasteiger partial charge in [0.25, 0.3) is 0 Å². The van der Waals surface area contributed by atoms with Gasteiger partial charge in [-0.15, -0.1) is 0 Å². The highest BCUT2D eigenvalue weighted by atomic mass is 32.2. The molecule has 0 amide bonds. The fourth-order valence-corrected chi connectivity index (χ4v) is 4.61. The van der Waals surface area contributed by atoms with Crippen molar-refractivity contribution in [2.45, 2.75) is 23.8 Å². The zero-order chi connectivity index (χ0) is 16.4. The summed E-state index contributed by atoms with van der Waals surface area (Å²) in [5.74, 6) is 0.289. The molecule has 0 N–H and O–H groups in total. The Morgan fingerprint density at radius 2 is 1.74 bits per heavy atom. The zero-order valence-electron chi connectivity index (χ0n) is 12.8. The fourth-order valence-electron chi connectivity index (χ4n) is 2.93. The third-order valence-electron chi connectivity index (χ3n) is 4.12. The molecule has 2 aromatic carbocycles. The van der Waals surface area contributed by atoms with Crippen LogP contribution in [0.5, 0.6) is 5.75 Å². The molecule has 1 aliphatic rings. The number of hydrogen-bond acceptors (Lipinski definition) is 3. The summed E-state index contributed by atoms with van der Waals surface area (Å²) in [7, 11) is -2.04. The predicted molar refractivity (Wildman–Crippen MR) is 85.3 cm³/mol. The van der Waals surface area contributed by atoms with E-state index >= 15 is 0 Å². The number of benzene rings is 2. The Morgan fingerprint density at radius 3 is 2.35 bits per heavy atom. The molecule has 0 bridgehead atoms. The molecule has 0 aromatic heterocycles. The summed E-state index contributed by atoms with van der Waals surface area (Å²) in [6.45, 7) is 0.469. The Morgan fingerprint density at radius 1 is 1.09 bits per heavy atom. The van der Waals surface area contributed by atoms with Gasteiger partial charge in [-0.1, -0.05) is 12.1 Å². The van der Waals surface area contributed by atoms with E-state index in [1.807, 2.05) is 24.3 Å². The van der Waals surface area contributed by atoms with Crippen LogP contribution in [0.1, 0.15) is 24.4 Å². The van der Waals surface area contributed by atoms with E-state index in [-0.39, 0.29) is 10.9 Å². The molecule has 0 spiro atoms. The highest BCUT2D eigenvalue weighted by Crippen LogP contribution is 2.37. The second-order valence-electron chi connectivity index (χ2n) is 5.50. The Bertz CT molecular complexity index is 772. The molecule has 2 aromatic rings. The SMILES string of the molecule is COc1ccc(C2CCCN2S(=O)(=O)c2ccc(F)cc2)cc1. The van der Waals surface area contributed by atoms with Crippen LogP contribution in [0.3, 0.4) is 0 Å². The topological polar surface area (TPSA) is 46.6 Å². The molecule has 1 fully saturated rings. The molecule has 1 saturated heterocycles. The van der Waals surface area contributed by atoms with Crippen LogP contribution in [0.25, 0.3) is 0 Å². The quantitative estimate of drug-likeness (QED) is 0.861. The van der Waals surface area contributed by atoms with Gasteiger partial charge in [0.1, 0.15) is 11.6 Å². The maximum absolute atomic E-state index is 13.0. The van der Waals surface area contributed by atoms with Crippen molar-refractivity contribution in [1.82, 2.24) is 4.31 Å². The highest BCUT2D eigenvalue weighted by molar-refractivity contribution is 7.89. The lowest BCUT2D eigenvalue weighted by atomic mass is 10.1. The Labute approximate surface area is 135 Å². The van der Waals surface area contributed by atoms with E-state index < -0.39 is 15.8 Å². The maximum Gasteiger partial charge on any atom is 0.243 e. The third kappa shape index (κ3) is 3.09. The van der Waals surface area contributed by atoms with Gasteiger partial charge in [0, 0.05) is 6.54 Å². The smallest absolute Gasteiger partial charge is 0.243 e. The molecule has 3 rings (SSSR count). The third-order valence-corrected chi connectivity index (χ3v) is 6.05. The van der Waals surface area contributed by atoms with E-state index in [0.717, 1.165) is 24.2 Å². The van der Waals surface area contributed by atoms with Gasteiger partial charge in [0.2, 0.25) is 10.0 Å². The molecule has 4 nitrogen and oxygen atoms in total. The molecular weight excluding hydrogens is 317 g/mol. The van der Waals surface area contributed by atoms with Crippen molar-refractivity contribution < 1.29 is 17.5 Å². The van der Waals surface area contributed by atoms with Crippen LogP contribution in [0.2, 0.25) is 0 Å². The normalized spacial score (nSPS) is 19.0. The number of nitrogens with zero attached hydrogens (tertiary/aromatic N) is 1. The van der Waals surface area contributed by atoms with Crippen molar-refractivity contribution in [3.63, 3.8) is 0 Å². The van der Waals surface area contributed by atoms with Gasteiger partial charge in [0.05, 0.1) is 18.0 Å². The van der Waals surface area contributed by atoms with Crippen LogP contribution >= 0.6 is 0 Å². The summed E-state index contributed by atoms with van der Waals surface area (Å²) in [4.78, 5) is 0.124. The van der Waals surface area contributed by atoms with Crippen molar-refractivity contribution in [3.8, 4) is 5.75 Å². The van der Waals surface area contributed by atoms with Gasteiger partial charge in [-0.3, -0.25) is 0 Å².